The average Bonchev–Trinajstić information content (AvgIpc) is 3.12. The van der Waals surface area contributed by atoms with E-state index in [1.807, 2.05) is 20.8 Å². The summed E-state index contributed by atoms with van der Waals surface area (Å²) in [6, 6.07) is 14.4. The lowest BCUT2D eigenvalue weighted by Crippen LogP contribution is -2.29. The van der Waals surface area contributed by atoms with E-state index in [9.17, 15) is 13.2 Å². The molecule has 18 heteroatoms. The van der Waals surface area contributed by atoms with Crippen LogP contribution in [-0.2, 0) is 34.5 Å². The molecule has 5 N–H and O–H groups in total. The van der Waals surface area contributed by atoms with E-state index < -0.39 is 22.0 Å². The molecule has 0 fully saturated rings. The molecule has 3 rings (SSSR count). The highest BCUT2D eigenvalue weighted by atomic mass is 32.2. The molecule has 0 unspecified atom stereocenters. The van der Waals surface area contributed by atoms with Crippen LogP contribution in [0.4, 0.5) is 4.79 Å². The van der Waals surface area contributed by atoms with Gasteiger partial charge in [-0.05, 0) is 60.6 Å². The maximum absolute atomic E-state index is 13.5. The maximum Gasteiger partial charge on any atom is 0.508 e. The minimum atomic E-state index is -4.37. The van der Waals surface area contributed by atoms with Gasteiger partial charge in [0.05, 0.1) is 36.3 Å². The van der Waals surface area contributed by atoms with Crippen LogP contribution in [-0.4, -0.2) is 79.7 Å². The zero-order chi connectivity index (χ0) is 38.9. The van der Waals surface area contributed by atoms with E-state index >= 15 is 0 Å². The molecule has 0 saturated carbocycles. The summed E-state index contributed by atoms with van der Waals surface area (Å²) in [7, 11) is -2.95. The van der Waals surface area contributed by atoms with Gasteiger partial charge in [-0.25, -0.2) is 14.8 Å². The Balaban J connectivity index is 1.87. The predicted octanol–water partition coefficient (Wildman–Crippen LogP) is 5.08. The van der Waals surface area contributed by atoms with Crippen molar-refractivity contribution in [3.8, 4) is 11.5 Å². The Kier molecular flexibility index (Phi) is 16.5. The Hall–Kier alpha value is -5.27. The zero-order valence-electron chi connectivity index (χ0n) is 30.1. The normalized spacial score (nSPS) is 12.5. The van der Waals surface area contributed by atoms with Gasteiger partial charge in [-0.3, -0.25) is 15.3 Å². The summed E-state index contributed by atoms with van der Waals surface area (Å²) in [4.78, 5) is 24.9. The van der Waals surface area contributed by atoms with Crippen LogP contribution in [0.15, 0.2) is 94.5 Å². The van der Waals surface area contributed by atoms with Crippen molar-refractivity contribution in [2.75, 3.05) is 33.5 Å². The molecule has 0 saturated heterocycles. The van der Waals surface area contributed by atoms with Gasteiger partial charge in [0.2, 0.25) is 11.6 Å². The van der Waals surface area contributed by atoms with Gasteiger partial charge in [-0.1, -0.05) is 58.0 Å². The summed E-state index contributed by atoms with van der Waals surface area (Å²) in [5.41, 5.74) is 7.22. The fourth-order valence-electron chi connectivity index (χ4n) is 4.35. The summed E-state index contributed by atoms with van der Waals surface area (Å²) < 4.78 is 58.6. The van der Waals surface area contributed by atoms with Crippen molar-refractivity contribution in [1.82, 2.24) is 20.7 Å². The Morgan fingerprint density at radius 2 is 1.49 bits per heavy atom. The lowest BCUT2D eigenvalue weighted by atomic mass is 9.87. The first-order valence-corrected chi connectivity index (χ1v) is 17.9. The standard InChI is InChI=1S/C35H46N6O11S/c1-25(32-37-19-12-20-38-32)39-33(48-23-24-50-34(42)49-21-10-6-7-11-22-51-41(43)44)30(52-29-14-9-8-13-28(29)47-5)31(36)40-53(45,46)27-17-15-26(16-18-27)35(2,3)4/h8-9,12-20,39,43-44H,1,6-7,10-11,21-24H2,2-5H3,(H2,36,40). The first-order valence-electron chi connectivity index (χ1n) is 16.4. The van der Waals surface area contributed by atoms with Crippen molar-refractivity contribution in [3.63, 3.8) is 0 Å². The van der Waals surface area contributed by atoms with Gasteiger partial charge < -0.3 is 34.7 Å². The second-order valence-corrected chi connectivity index (χ2v) is 13.7. The van der Waals surface area contributed by atoms with Crippen LogP contribution in [0.25, 0.3) is 5.70 Å². The van der Waals surface area contributed by atoms with Crippen LogP contribution >= 0.6 is 0 Å². The van der Waals surface area contributed by atoms with E-state index in [1.54, 1.807) is 42.5 Å². The number of unbranched alkanes of at least 4 members (excludes halogenated alkanes) is 3. The molecule has 0 aliphatic heterocycles. The first-order chi connectivity index (χ1) is 25.2. The van der Waals surface area contributed by atoms with Crippen molar-refractivity contribution in [2.24, 2.45) is 10.1 Å². The van der Waals surface area contributed by atoms with Gasteiger partial charge >= 0.3 is 6.16 Å². The number of sulfonamides is 1. The molecule has 1 heterocycles. The Morgan fingerprint density at radius 3 is 2.11 bits per heavy atom. The summed E-state index contributed by atoms with van der Waals surface area (Å²) in [6.07, 6.45) is 4.56. The number of carbonyl (C=O) groups excluding carboxylic acids is 1. The lowest BCUT2D eigenvalue weighted by Gasteiger charge is -2.20. The van der Waals surface area contributed by atoms with E-state index in [4.69, 9.17) is 39.8 Å². The number of nitrogens with one attached hydrogen (secondary N) is 1. The molecule has 0 spiro atoms. The van der Waals surface area contributed by atoms with Crippen LogP contribution in [0.3, 0.4) is 0 Å². The highest BCUT2D eigenvalue weighted by molar-refractivity contribution is 7.90. The van der Waals surface area contributed by atoms with E-state index in [2.05, 4.69) is 31.1 Å². The van der Waals surface area contributed by atoms with Gasteiger partial charge in [0.1, 0.15) is 13.2 Å². The average molecular weight is 759 g/mol. The first kappa shape index (κ1) is 42.1. The van der Waals surface area contributed by atoms with Crippen molar-refractivity contribution >= 4 is 27.7 Å². The van der Waals surface area contributed by atoms with Crippen LogP contribution in [0.5, 0.6) is 11.5 Å². The highest BCUT2D eigenvalue weighted by Gasteiger charge is 2.24. The summed E-state index contributed by atoms with van der Waals surface area (Å²) >= 11 is 0. The number of nitrogens with zero attached hydrogens (tertiary/aromatic N) is 4. The number of hydrogen-bond acceptors (Lipinski definition) is 15. The molecule has 288 valence electrons. The number of aromatic nitrogens is 2. The van der Waals surface area contributed by atoms with Crippen LogP contribution in [0.2, 0.25) is 0 Å². The van der Waals surface area contributed by atoms with Crippen LogP contribution in [0.1, 0.15) is 57.8 Å². The number of hydrogen-bond donors (Lipinski definition) is 4. The van der Waals surface area contributed by atoms with Gasteiger partial charge in [-0.2, -0.15) is 8.42 Å². The molecule has 0 radical (unpaired) electrons. The van der Waals surface area contributed by atoms with Crippen LogP contribution in [0, 0.1) is 0 Å². The molecule has 53 heavy (non-hydrogen) atoms. The van der Waals surface area contributed by atoms with Crippen molar-refractivity contribution in [3.05, 3.63) is 96.6 Å². The van der Waals surface area contributed by atoms with E-state index in [-0.39, 0.29) is 76.8 Å². The summed E-state index contributed by atoms with van der Waals surface area (Å²) in [6.45, 7) is 9.60. The number of para-hydroxylation sites is 2. The third-order valence-corrected chi connectivity index (χ3v) is 8.38. The Bertz CT molecular complexity index is 1800. The quantitative estimate of drug-likeness (QED) is 0.0277. The van der Waals surface area contributed by atoms with Gasteiger partial charge in [0.25, 0.3) is 10.0 Å². The van der Waals surface area contributed by atoms with Gasteiger partial charge in [0, 0.05) is 12.4 Å². The monoisotopic (exact) mass is 758 g/mol. The number of carbonyl (C=O) groups is 1. The Labute approximate surface area is 308 Å². The molecule has 0 atom stereocenters. The molecular formula is C35H46N6O11S. The number of benzene rings is 2. The second kappa shape index (κ2) is 20.7. The fraction of sp³-hybridized carbons (Fsp3) is 0.371. The molecule has 0 aliphatic carbocycles. The van der Waals surface area contributed by atoms with Crippen molar-refractivity contribution < 1.29 is 52.1 Å². The Morgan fingerprint density at radius 1 is 0.887 bits per heavy atom. The molecule has 2 aromatic carbocycles. The molecule has 0 bridgehead atoms. The SMILES string of the molecule is C=C(NC(OCCOC(=O)OCCCCCCON(O)O)=C(Oc1ccccc1OC)C(N)=NS(=O)(=O)c1ccc(C(C)(C)C)cc1)c1ncccn1. The van der Waals surface area contributed by atoms with Crippen molar-refractivity contribution in [1.29, 1.82) is 0 Å². The second-order valence-electron chi connectivity index (χ2n) is 12.1. The molecule has 1 aromatic heterocycles. The predicted molar refractivity (Wildman–Crippen MR) is 192 cm³/mol. The minimum absolute atomic E-state index is 0.0909. The van der Waals surface area contributed by atoms with Gasteiger partial charge in [0.15, 0.2) is 23.2 Å². The number of rotatable bonds is 21. The summed E-state index contributed by atoms with van der Waals surface area (Å²) in [5.74, 6) is -0.653. The fourth-order valence-corrected chi connectivity index (χ4v) is 5.28. The van der Waals surface area contributed by atoms with Crippen molar-refractivity contribution in [2.45, 2.75) is 56.8 Å². The topological polar surface area (TPSA) is 226 Å². The largest absolute Gasteiger partial charge is 0.508 e. The van der Waals surface area contributed by atoms with Crippen LogP contribution < -0.4 is 20.5 Å². The van der Waals surface area contributed by atoms with E-state index in [0.29, 0.717) is 25.7 Å². The number of nitrogens with two attached hydrogens (primary N) is 1. The third kappa shape index (κ3) is 14.3. The molecule has 0 amide bonds. The number of methoxy groups -OCH3 is 1. The smallest absolute Gasteiger partial charge is 0.493 e. The third-order valence-electron chi connectivity index (χ3n) is 7.07. The summed E-state index contributed by atoms with van der Waals surface area (Å²) in [5, 5.41) is 19.6. The number of ether oxygens (including phenoxy) is 5. The molecular weight excluding hydrogens is 712 g/mol. The molecule has 17 nitrogen and oxygen atoms in total. The minimum Gasteiger partial charge on any atom is -0.493 e. The van der Waals surface area contributed by atoms with Gasteiger partial charge in [-0.15, -0.1) is 4.40 Å². The maximum atomic E-state index is 13.5. The highest BCUT2D eigenvalue weighted by Crippen LogP contribution is 2.29. The number of amidine groups is 1. The van der Waals surface area contributed by atoms with E-state index in [0.717, 1.165) is 5.56 Å². The lowest BCUT2D eigenvalue weighted by molar-refractivity contribution is -0.492. The molecule has 3 aromatic rings. The van der Waals surface area contributed by atoms with E-state index in [1.165, 1.54) is 31.6 Å². The molecule has 0 aliphatic rings. The zero-order valence-corrected chi connectivity index (χ0v) is 30.9.